The van der Waals surface area contributed by atoms with Crippen LogP contribution in [0.2, 0.25) is 0 Å². The lowest BCUT2D eigenvalue weighted by atomic mass is 10.1. The maximum atomic E-state index is 11.9. The molecule has 0 aromatic heterocycles. The van der Waals surface area contributed by atoms with Crippen LogP contribution in [0.5, 0.6) is 11.5 Å². The van der Waals surface area contributed by atoms with Gasteiger partial charge >= 0.3 is 0 Å². The van der Waals surface area contributed by atoms with Gasteiger partial charge in [-0.2, -0.15) is 0 Å². The van der Waals surface area contributed by atoms with Gasteiger partial charge in [-0.15, -0.1) is 0 Å². The molecule has 2 aromatic rings. The van der Waals surface area contributed by atoms with Crippen molar-refractivity contribution >= 4 is 15.9 Å². The van der Waals surface area contributed by atoms with Gasteiger partial charge < -0.3 is 14.8 Å². The molecule has 0 atom stereocenters. The van der Waals surface area contributed by atoms with Crippen LogP contribution >= 0.6 is 0 Å². The standard InChI is InChI=1S/C19H24N2O5S/c1-20-27(23,24)14-16-5-3-15(4-6-16)13-21-19(22)11-12-26-18-9-7-17(25-2)8-10-18/h3-10,20H,11-14H2,1-2H3,(H,21,22). The summed E-state index contributed by atoms with van der Waals surface area (Å²) in [5.74, 6) is 1.23. The van der Waals surface area contributed by atoms with E-state index in [-0.39, 0.29) is 24.7 Å². The number of methoxy groups -OCH3 is 1. The molecular formula is C19H24N2O5S. The van der Waals surface area contributed by atoms with Crippen molar-refractivity contribution in [3.05, 3.63) is 59.7 Å². The van der Waals surface area contributed by atoms with Crippen molar-refractivity contribution in [2.24, 2.45) is 0 Å². The molecule has 0 aliphatic rings. The number of sulfonamides is 1. The number of nitrogens with one attached hydrogen (secondary N) is 2. The van der Waals surface area contributed by atoms with Gasteiger partial charge in [-0.3, -0.25) is 4.79 Å². The fourth-order valence-corrected chi connectivity index (χ4v) is 3.04. The van der Waals surface area contributed by atoms with E-state index in [9.17, 15) is 13.2 Å². The Kier molecular flexibility index (Phi) is 7.63. The second kappa shape index (κ2) is 9.94. The number of ether oxygens (including phenoxy) is 2. The molecule has 0 aliphatic heterocycles. The van der Waals surface area contributed by atoms with Crippen LogP contribution in [-0.4, -0.2) is 35.1 Å². The third-order valence-corrected chi connectivity index (χ3v) is 5.17. The molecule has 1 amide bonds. The van der Waals surface area contributed by atoms with Gasteiger partial charge in [0, 0.05) is 6.54 Å². The summed E-state index contributed by atoms with van der Waals surface area (Å²) < 4.78 is 35.9. The summed E-state index contributed by atoms with van der Waals surface area (Å²) in [6.45, 7) is 0.652. The molecule has 2 rings (SSSR count). The molecule has 0 heterocycles. The molecule has 27 heavy (non-hydrogen) atoms. The second-order valence-electron chi connectivity index (χ2n) is 5.83. The van der Waals surface area contributed by atoms with E-state index in [1.54, 1.807) is 55.6 Å². The van der Waals surface area contributed by atoms with E-state index in [0.29, 0.717) is 17.9 Å². The first-order valence-electron chi connectivity index (χ1n) is 8.44. The van der Waals surface area contributed by atoms with E-state index in [1.165, 1.54) is 7.05 Å². The molecule has 2 aromatic carbocycles. The van der Waals surface area contributed by atoms with E-state index in [1.807, 2.05) is 0 Å². The van der Waals surface area contributed by atoms with Gasteiger partial charge in [0.1, 0.15) is 11.5 Å². The number of carbonyl (C=O) groups excluding carboxylic acids is 1. The smallest absolute Gasteiger partial charge is 0.223 e. The lowest BCUT2D eigenvalue weighted by Gasteiger charge is -2.09. The number of benzene rings is 2. The maximum absolute atomic E-state index is 11.9. The van der Waals surface area contributed by atoms with Gasteiger partial charge in [-0.25, -0.2) is 13.1 Å². The molecular weight excluding hydrogens is 368 g/mol. The molecule has 0 aliphatic carbocycles. The van der Waals surface area contributed by atoms with Crippen molar-refractivity contribution < 1.29 is 22.7 Å². The minimum atomic E-state index is -3.29. The van der Waals surface area contributed by atoms with Crippen LogP contribution in [0.3, 0.4) is 0 Å². The van der Waals surface area contributed by atoms with E-state index in [0.717, 1.165) is 11.3 Å². The van der Waals surface area contributed by atoms with Crippen molar-refractivity contribution in [3.8, 4) is 11.5 Å². The first-order valence-corrected chi connectivity index (χ1v) is 10.1. The van der Waals surface area contributed by atoms with Crippen molar-refractivity contribution in [3.63, 3.8) is 0 Å². The normalized spacial score (nSPS) is 11.0. The van der Waals surface area contributed by atoms with Gasteiger partial charge in [-0.05, 0) is 42.4 Å². The number of carbonyl (C=O) groups is 1. The molecule has 0 unspecified atom stereocenters. The molecule has 0 saturated heterocycles. The molecule has 0 bridgehead atoms. The Hall–Kier alpha value is -2.58. The minimum Gasteiger partial charge on any atom is -0.497 e. The fraction of sp³-hybridized carbons (Fsp3) is 0.316. The summed E-state index contributed by atoms with van der Waals surface area (Å²) in [5, 5.41) is 2.81. The third kappa shape index (κ3) is 7.28. The monoisotopic (exact) mass is 392 g/mol. The second-order valence-corrected chi connectivity index (χ2v) is 7.76. The molecule has 0 saturated carbocycles. The SMILES string of the molecule is CNS(=O)(=O)Cc1ccc(CNC(=O)CCOc2ccc(OC)cc2)cc1. The molecule has 0 fully saturated rings. The van der Waals surface area contributed by atoms with Crippen molar-refractivity contribution in [1.82, 2.24) is 10.0 Å². The first kappa shape index (κ1) is 20.7. The van der Waals surface area contributed by atoms with Crippen LogP contribution < -0.4 is 19.5 Å². The van der Waals surface area contributed by atoms with E-state index >= 15 is 0 Å². The largest absolute Gasteiger partial charge is 0.497 e. The zero-order valence-electron chi connectivity index (χ0n) is 15.4. The van der Waals surface area contributed by atoms with Gasteiger partial charge in [0.05, 0.1) is 25.9 Å². The quantitative estimate of drug-likeness (QED) is 0.643. The van der Waals surface area contributed by atoms with Crippen LogP contribution in [0.1, 0.15) is 17.5 Å². The summed E-state index contributed by atoms with van der Waals surface area (Å²) in [7, 11) is -0.307. The lowest BCUT2D eigenvalue weighted by Crippen LogP contribution is -2.24. The molecule has 8 heteroatoms. The van der Waals surface area contributed by atoms with Gasteiger partial charge in [-0.1, -0.05) is 24.3 Å². The zero-order chi connectivity index (χ0) is 19.7. The van der Waals surface area contributed by atoms with E-state index in [4.69, 9.17) is 9.47 Å². The van der Waals surface area contributed by atoms with E-state index in [2.05, 4.69) is 10.0 Å². The summed E-state index contributed by atoms with van der Waals surface area (Å²) in [6, 6.07) is 14.2. The van der Waals surface area contributed by atoms with Crippen LogP contribution in [-0.2, 0) is 27.1 Å². The minimum absolute atomic E-state index is 0.0706. The summed E-state index contributed by atoms with van der Waals surface area (Å²) in [4.78, 5) is 11.9. The van der Waals surface area contributed by atoms with Crippen molar-refractivity contribution in [1.29, 1.82) is 0 Å². The number of amides is 1. The molecule has 0 spiro atoms. The third-order valence-electron chi connectivity index (χ3n) is 3.84. The topological polar surface area (TPSA) is 93.7 Å². The Morgan fingerprint density at radius 2 is 1.56 bits per heavy atom. The Morgan fingerprint density at radius 3 is 2.15 bits per heavy atom. The van der Waals surface area contributed by atoms with Crippen LogP contribution in [0.25, 0.3) is 0 Å². The summed E-state index contributed by atoms with van der Waals surface area (Å²) >= 11 is 0. The Bertz CT molecular complexity index is 833. The molecule has 7 nitrogen and oxygen atoms in total. The fourth-order valence-electron chi connectivity index (χ4n) is 2.27. The maximum Gasteiger partial charge on any atom is 0.223 e. The highest BCUT2D eigenvalue weighted by Gasteiger charge is 2.08. The van der Waals surface area contributed by atoms with Crippen LogP contribution in [0.4, 0.5) is 0 Å². The van der Waals surface area contributed by atoms with Gasteiger partial charge in [0.2, 0.25) is 15.9 Å². The summed E-state index contributed by atoms with van der Waals surface area (Å²) in [5.41, 5.74) is 1.58. The first-order chi connectivity index (χ1) is 12.9. The Morgan fingerprint density at radius 1 is 0.963 bits per heavy atom. The zero-order valence-corrected chi connectivity index (χ0v) is 16.2. The summed E-state index contributed by atoms with van der Waals surface area (Å²) in [6.07, 6.45) is 0.241. The van der Waals surface area contributed by atoms with Crippen molar-refractivity contribution in [2.45, 2.75) is 18.7 Å². The highest BCUT2D eigenvalue weighted by Crippen LogP contribution is 2.17. The number of hydrogen-bond donors (Lipinski definition) is 2. The highest BCUT2D eigenvalue weighted by molar-refractivity contribution is 7.88. The van der Waals surface area contributed by atoms with E-state index < -0.39 is 10.0 Å². The average molecular weight is 392 g/mol. The van der Waals surface area contributed by atoms with Crippen LogP contribution in [0, 0.1) is 0 Å². The van der Waals surface area contributed by atoms with Gasteiger partial charge in [0.15, 0.2) is 0 Å². The highest BCUT2D eigenvalue weighted by atomic mass is 32.2. The predicted molar refractivity (Wildman–Crippen MR) is 103 cm³/mol. The average Bonchev–Trinajstić information content (AvgIpc) is 2.68. The van der Waals surface area contributed by atoms with Crippen LogP contribution in [0.15, 0.2) is 48.5 Å². The number of rotatable bonds is 10. The molecule has 2 N–H and O–H groups in total. The van der Waals surface area contributed by atoms with Gasteiger partial charge in [0.25, 0.3) is 0 Å². The number of hydrogen-bond acceptors (Lipinski definition) is 5. The lowest BCUT2D eigenvalue weighted by molar-refractivity contribution is -0.121. The van der Waals surface area contributed by atoms with Crippen molar-refractivity contribution in [2.75, 3.05) is 20.8 Å². The molecule has 0 radical (unpaired) electrons. The Balaban J connectivity index is 1.71. The Labute approximate surface area is 159 Å². The predicted octanol–water partition coefficient (Wildman–Crippen LogP) is 1.83. The molecule has 146 valence electrons.